The summed E-state index contributed by atoms with van der Waals surface area (Å²) in [5, 5.41) is 5.06. The lowest BCUT2D eigenvalue weighted by molar-refractivity contribution is -0.134. The quantitative estimate of drug-likeness (QED) is 0.618. The lowest BCUT2D eigenvalue weighted by Gasteiger charge is -2.41. The summed E-state index contributed by atoms with van der Waals surface area (Å²) in [5.74, 6) is -0.0727. The van der Waals surface area contributed by atoms with Gasteiger partial charge in [0.1, 0.15) is 5.54 Å². The van der Waals surface area contributed by atoms with Gasteiger partial charge in [0.05, 0.1) is 4.88 Å². The molecule has 1 aromatic carbocycles. The number of nitrogens with zero attached hydrogens (tertiary/aromatic N) is 3. The summed E-state index contributed by atoms with van der Waals surface area (Å²) in [6.07, 6.45) is 4.22. The number of carbonyl (C=O) groups is 3. The van der Waals surface area contributed by atoms with Crippen LogP contribution in [0.1, 0.15) is 40.9 Å². The minimum Gasteiger partial charge on any atom is -0.338 e. The summed E-state index contributed by atoms with van der Waals surface area (Å²) in [4.78, 5) is 46.2. The number of hydrogen-bond acceptors (Lipinski definition) is 5. The number of thiophene rings is 1. The van der Waals surface area contributed by atoms with E-state index < -0.39 is 5.54 Å². The molecule has 2 aromatic rings. The monoisotopic (exact) mass is 480 g/mol. The average Bonchev–Trinajstić information content (AvgIpc) is 3.62. The highest BCUT2D eigenvalue weighted by molar-refractivity contribution is 7.12. The number of hydrogen-bond donors (Lipinski definition) is 1. The van der Waals surface area contributed by atoms with E-state index in [-0.39, 0.29) is 23.8 Å². The Hall–Kier alpha value is -2.71. The van der Waals surface area contributed by atoms with Crippen LogP contribution in [0.15, 0.2) is 47.8 Å². The van der Waals surface area contributed by atoms with Crippen molar-refractivity contribution in [1.82, 2.24) is 20.0 Å². The number of imide groups is 1. The van der Waals surface area contributed by atoms with Crippen molar-refractivity contribution in [2.45, 2.75) is 37.6 Å². The van der Waals surface area contributed by atoms with Gasteiger partial charge < -0.3 is 15.1 Å². The maximum atomic E-state index is 13.9. The smallest absolute Gasteiger partial charge is 0.325 e. The zero-order chi connectivity index (χ0) is 23.5. The van der Waals surface area contributed by atoms with Crippen LogP contribution in [-0.2, 0) is 11.2 Å². The van der Waals surface area contributed by atoms with Crippen LogP contribution in [-0.4, -0.2) is 77.4 Å². The Balaban J connectivity index is 1.34. The van der Waals surface area contributed by atoms with Gasteiger partial charge in [0, 0.05) is 32.6 Å². The average molecular weight is 481 g/mol. The first-order valence-electron chi connectivity index (χ1n) is 12.3. The molecule has 0 radical (unpaired) electrons. The molecule has 34 heavy (non-hydrogen) atoms. The van der Waals surface area contributed by atoms with Gasteiger partial charge in [0.2, 0.25) is 0 Å². The number of nitrogens with one attached hydrogen (secondary N) is 1. The van der Waals surface area contributed by atoms with Crippen LogP contribution in [0.3, 0.4) is 0 Å². The topological polar surface area (TPSA) is 73.0 Å². The van der Waals surface area contributed by atoms with Crippen LogP contribution in [0, 0.1) is 5.92 Å². The molecule has 4 amide bonds. The Kier molecular flexibility index (Phi) is 6.70. The van der Waals surface area contributed by atoms with Gasteiger partial charge in [-0.05, 0) is 61.7 Å². The molecule has 0 unspecified atom stereocenters. The highest BCUT2D eigenvalue weighted by Gasteiger charge is 2.56. The Morgan fingerprint density at radius 2 is 1.71 bits per heavy atom. The summed E-state index contributed by atoms with van der Waals surface area (Å²) in [6, 6.07) is 13.4. The van der Waals surface area contributed by atoms with Crippen LogP contribution >= 0.6 is 11.3 Å². The molecule has 180 valence electrons. The standard InChI is InChI=1S/C26H32N4O3S/c31-23(22-9-6-18-34-22)29-14-10-21(11-15-29)26(19-20-7-2-1-3-8-20)24(32)30(25(33)27-26)17-16-28-12-4-5-13-28/h1-3,6-9,18,21H,4-5,10-17,19H2,(H,27,33)/t26-/m0/s1. The van der Waals surface area contributed by atoms with Gasteiger partial charge in [-0.2, -0.15) is 0 Å². The van der Waals surface area contributed by atoms with E-state index in [1.165, 1.54) is 29.1 Å². The highest BCUT2D eigenvalue weighted by Crippen LogP contribution is 2.37. The fourth-order valence-electron chi connectivity index (χ4n) is 5.69. The molecular weight excluding hydrogens is 448 g/mol. The fourth-order valence-corrected chi connectivity index (χ4v) is 6.38. The van der Waals surface area contributed by atoms with Gasteiger partial charge in [-0.25, -0.2) is 4.79 Å². The molecule has 7 nitrogen and oxygen atoms in total. The molecular formula is C26H32N4O3S. The number of likely N-dealkylation sites (tertiary alicyclic amines) is 2. The third-order valence-corrected chi connectivity index (χ3v) is 8.44. The minimum absolute atomic E-state index is 0.0201. The lowest BCUT2D eigenvalue weighted by atomic mass is 9.74. The Bertz CT molecular complexity index is 1010. The van der Waals surface area contributed by atoms with Gasteiger partial charge in [0.15, 0.2) is 0 Å². The fraction of sp³-hybridized carbons (Fsp3) is 0.500. The number of amides is 4. The molecule has 4 heterocycles. The molecule has 0 bridgehead atoms. The summed E-state index contributed by atoms with van der Waals surface area (Å²) < 4.78 is 0. The van der Waals surface area contributed by atoms with E-state index in [0.29, 0.717) is 38.9 Å². The molecule has 0 aliphatic carbocycles. The van der Waals surface area contributed by atoms with E-state index in [9.17, 15) is 14.4 Å². The predicted octanol–water partition coefficient (Wildman–Crippen LogP) is 3.23. The molecule has 5 rings (SSSR count). The van der Waals surface area contributed by atoms with E-state index in [2.05, 4.69) is 10.2 Å². The molecule has 3 aliphatic heterocycles. The second kappa shape index (κ2) is 9.88. The van der Waals surface area contributed by atoms with Crippen molar-refractivity contribution in [1.29, 1.82) is 0 Å². The Morgan fingerprint density at radius 1 is 0.971 bits per heavy atom. The van der Waals surface area contributed by atoms with E-state index in [1.807, 2.05) is 52.7 Å². The number of piperidine rings is 1. The van der Waals surface area contributed by atoms with Crippen molar-refractivity contribution in [3.8, 4) is 0 Å². The summed E-state index contributed by atoms with van der Waals surface area (Å²) in [5.41, 5.74) is 0.0799. The van der Waals surface area contributed by atoms with Crippen molar-refractivity contribution in [2.24, 2.45) is 5.92 Å². The molecule has 0 saturated carbocycles. The molecule has 8 heteroatoms. The van der Waals surface area contributed by atoms with E-state index in [4.69, 9.17) is 0 Å². The second-order valence-corrected chi connectivity index (χ2v) is 10.6. The largest absolute Gasteiger partial charge is 0.338 e. The molecule has 0 spiro atoms. The number of carbonyl (C=O) groups excluding carboxylic acids is 3. The van der Waals surface area contributed by atoms with Gasteiger partial charge in [-0.1, -0.05) is 36.4 Å². The maximum absolute atomic E-state index is 13.9. The summed E-state index contributed by atoms with van der Waals surface area (Å²) in [7, 11) is 0. The van der Waals surface area contributed by atoms with Gasteiger partial charge in [-0.15, -0.1) is 11.3 Å². The van der Waals surface area contributed by atoms with Crippen molar-refractivity contribution >= 4 is 29.2 Å². The van der Waals surface area contributed by atoms with Crippen molar-refractivity contribution in [3.63, 3.8) is 0 Å². The molecule has 1 atom stereocenters. The third kappa shape index (κ3) is 4.49. The first-order chi connectivity index (χ1) is 16.6. The van der Waals surface area contributed by atoms with E-state index >= 15 is 0 Å². The highest BCUT2D eigenvalue weighted by atomic mass is 32.1. The van der Waals surface area contributed by atoms with Gasteiger partial charge in [-0.3, -0.25) is 14.5 Å². The number of benzene rings is 1. The summed E-state index contributed by atoms with van der Waals surface area (Å²) in [6.45, 7) is 4.42. The first-order valence-corrected chi connectivity index (χ1v) is 13.2. The van der Waals surface area contributed by atoms with Crippen molar-refractivity contribution in [2.75, 3.05) is 39.3 Å². The first kappa shape index (κ1) is 23.1. The normalized spacial score (nSPS) is 24.1. The SMILES string of the molecule is O=C(c1cccs1)N1CCC([C@]2(Cc3ccccc3)NC(=O)N(CCN3CCCC3)C2=O)CC1. The van der Waals surface area contributed by atoms with E-state index in [1.54, 1.807) is 0 Å². The van der Waals surface area contributed by atoms with Crippen LogP contribution in [0.4, 0.5) is 4.79 Å². The van der Waals surface area contributed by atoms with Gasteiger partial charge in [0.25, 0.3) is 11.8 Å². The predicted molar refractivity (Wildman–Crippen MR) is 132 cm³/mol. The molecule has 3 aliphatic rings. The zero-order valence-electron chi connectivity index (χ0n) is 19.4. The summed E-state index contributed by atoms with van der Waals surface area (Å²) >= 11 is 1.46. The Morgan fingerprint density at radius 3 is 2.38 bits per heavy atom. The zero-order valence-corrected chi connectivity index (χ0v) is 20.3. The van der Waals surface area contributed by atoms with Gasteiger partial charge >= 0.3 is 6.03 Å². The molecule has 3 fully saturated rings. The number of rotatable bonds is 7. The van der Waals surface area contributed by atoms with Crippen LogP contribution < -0.4 is 5.32 Å². The lowest BCUT2D eigenvalue weighted by Crippen LogP contribution is -2.58. The van der Waals surface area contributed by atoms with Crippen molar-refractivity contribution < 1.29 is 14.4 Å². The molecule has 3 saturated heterocycles. The maximum Gasteiger partial charge on any atom is 0.325 e. The molecule has 1 N–H and O–H groups in total. The van der Waals surface area contributed by atoms with Crippen LogP contribution in [0.2, 0.25) is 0 Å². The second-order valence-electron chi connectivity index (χ2n) is 9.61. The van der Waals surface area contributed by atoms with E-state index in [0.717, 1.165) is 30.1 Å². The Labute approximate surface area is 204 Å². The number of urea groups is 1. The van der Waals surface area contributed by atoms with Crippen LogP contribution in [0.5, 0.6) is 0 Å². The minimum atomic E-state index is -0.957. The third-order valence-electron chi connectivity index (χ3n) is 7.58. The molecule has 1 aromatic heterocycles. The van der Waals surface area contributed by atoms with Crippen molar-refractivity contribution in [3.05, 3.63) is 58.3 Å². The van der Waals surface area contributed by atoms with Crippen LogP contribution in [0.25, 0.3) is 0 Å².